The highest BCUT2D eigenvalue weighted by Gasteiger charge is 2.48. The summed E-state index contributed by atoms with van der Waals surface area (Å²) in [6.45, 7) is -0.897. The Hall–Kier alpha value is -0.650. The zero-order chi connectivity index (χ0) is 17.3. The molecule has 2 aliphatic rings. The van der Waals surface area contributed by atoms with Gasteiger partial charge in [0.1, 0.15) is 24.4 Å². The van der Waals surface area contributed by atoms with Gasteiger partial charge in [-0.3, -0.25) is 4.79 Å². The highest BCUT2D eigenvalue weighted by Crippen LogP contribution is 2.32. The number of ether oxygens (including phenoxy) is 1. The Labute approximate surface area is 132 Å². The third kappa shape index (κ3) is 3.57. The molecule has 9 nitrogen and oxygen atoms in total. The van der Waals surface area contributed by atoms with Crippen molar-refractivity contribution in [2.24, 2.45) is 11.8 Å². The lowest BCUT2D eigenvalue weighted by molar-refractivity contribution is -0.208. The molecule has 0 amide bonds. The van der Waals surface area contributed by atoms with Crippen LogP contribution in [0.25, 0.3) is 0 Å². The molecule has 7 N–H and O–H groups in total. The first-order valence-electron chi connectivity index (χ1n) is 7.63. The lowest BCUT2D eigenvalue weighted by atomic mass is 9.79. The highest BCUT2D eigenvalue weighted by molar-refractivity contribution is 5.89. The van der Waals surface area contributed by atoms with E-state index in [9.17, 15) is 40.5 Å². The van der Waals surface area contributed by atoms with E-state index in [1.165, 1.54) is 0 Å². The van der Waals surface area contributed by atoms with Crippen LogP contribution in [-0.2, 0) is 9.53 Å². The fourth-order valence-corrected chi connectivity index (χ4v) is 3.29. The summed E-state index contributed by atoms with van der Waals surface area (Å²) < 4.78 is 5.52. The van der Waals surface area contributed by atoms with Crippen molar-refractivity contribution in [2.75, 3.05) is 13.2 Å². The molecule has 9 unspecified atom stereocenters. The molecule has 0 aromatic carbocycles. The molecular formula is C14H24O9. The van der Waals surface area contributed by atoms with E-state index in [2.05, 4.69) is 0 Å². The summed E-state index contributed by atoms with van der Waals surface area (Å²) in [6.07, 6.45) is -9.66. The molecule has 23 heavy (non-hydrogen) atoms. The van der Waals surface area contributed by atoms with E-state index in [1.54, 1.807) is 0 Å². The number of carbonyl (C=O) groups excluding carboxylic acids is 1. The predicted octanol–water partition coefficient (Wildman–Crippen LogP) is -3.86. The summed E-state index contributed by atoms with van der Waals surface area (Å²) in [6, 6.07) is 0. The predicted molar refractivity (Wildman–Crippen MR) is 74.1 cm³/mol. The fraction of sp³-hybridized carbons (Fsp3) is 0.929. The molecule has 9 heteroatoms. The van der Waals surface area contributed by atoms with Gasteiger partial charge >= 0.3 is 0 Å². The Morgan fingerprint density at radius 3 is 2.04 bits per heavy atom. The van der Waals surface area contributed by atoms with Crippen molar-refractivity contribution in [1.29, 1.82) is 0 Å². The first kappa shape index (κ1) is 18.7. The van der Waals surface area contributed by atoms with E-state index in [0.717, 1.165) is 0 Å². The summed E-state index contributed by atoms with van der Waals surface area (Å²) in [5, 5.41) is 67.4. The standard InChI is InChI=1S/C14H24O9/c15-3-5-2-8(11(20)12(21)9(5)18)23-14-6(4-16)1-7(17)10(19)13(14)22/h5-12,14-21H,1-4H2. The number of ketones is 1. The minimum absolute atomic E-state index is 0.00350. The molecule has 0 heterocycles. The Balaban J connectivity index is 2.13. The minimum Gasteiger partial charge on any atom is -0.396 e. The van der Waals surface area contributed by atoms with Crippen molar-refractivity contribution in [2.45, 2.75) is 55.6 Å². The largest absolute Gasteiger partial charge is 0.396 e. The molecule has 2 aliphatic carbocycles. The fourth-order valence-electron chi connectivity index (χ4n) is 3.29. The average Bonchev–Trinajstić information content (AvgIpc) is 2.55. The van der Waals surface area contributed by atoms with Crippen molar-refractivity contribution in [1.82, 2.24) is 0 Å². The molecule has 0 aromatic heterocycles. The van der Waals surface area contributed by atoms with Crippen molar-refractivity contribution < 1.29 is 45.3 Å². The second kappa shape index (κ2) is 7.49. The van der Waals surface area contributed by atoms with Crippen LogP contribution in [0.15, 0.2) is 0 Å². The van der Waals surface area contributed by atoms with E-state index < -0.39 is 73.6 Å². The molecule has 0 radical (unpaired) electrons. The third-order valence-electron chi connectivity index (χ3n) is 4.80. The number of Topliss-reactive ketones (excluding diaryl/α,β-unsaturated/α-hetero) is 1. The lowest BCUT2D eigenvalue weighted by Crippen LogP contribution is -2.59. The van der Waals surface area contributed by atoms with Crippen LogP contribution in [-0.4, -0.2) is 97.5 Å². The van der Waals surface area contributed by atoms with Crippen molar-refractivity contribution in [3.05, 3.63) is 0 Å². The number of aliphatic hydroxyl groups excluding tert-OH is 7. The normalized spacial score (nSPS) is 48.5. The van der Waals surface area contributed by atoms with Gasteiger partial charge in [-0.05, 0) is 12.8 Å². The van der Waals surface area contributed by atoms with Gasteiger partial charge in [-0.1, -0.05) is 0 Å². The quantitative estimate of drug-likeness (QED) is 0.272. The molecular weight excluding hydrogens is 312 g/mol. The van der Waals surface area contributed by atoms with Gasteiger partial charge in [0.05, 0.1) is 18.3 Å². The van der Waals surface area contributed by atoms with E-state index in [4.69, 9.17) is 4.74 Å². The molecule has 2 fully saturated rings. The molecule has 0 aromatic rings. The third-order valence-corrected chi connectivity index (χ3v) is 4.80. The van der Waals surface area contributed by atoms with E-state index in [-0.39, 0.29) is 12.8 Å². The van der Waals surface area contributed by atoms with Crippen molar-refractivity contribution >= 4 is 5.78 Å². The zero-order valence-corrected chi connectivity index (χ0v) is 12.5. The molecule has 0 spiro atoms. The summed E-state index contributed by atoms with van der Waals surface area (Å²) >= 11 is 0. The van der Waals surface area contributed by atoms with E-state index in [0.29, 0.717) is 0 Å². The Bertz CT molecular complexity index is 415. The molecule has 0 saturated heterocycles. The number of hydrogen-bond donors (Lipinski definition) is 7. The maximum atomic E-state index is 12.1. The van der Waals surface area contributed by atoms with Gasteiger partial charge < -0.3 is 40.5 Å². The molecule has 0 bridgehead atoms. The van der Waals surface area contributed by atoms with Crippen LogP contribution in [0.3, 0.4) is 0 Å². The van der Waals surface area contributed by atoms with E-state index >= 15 is 0 Å². The van der Waals surface area contributed by atoms with Crippen LogP contribution >= 0.6 is 0 Å². The van der Waals surface area contributed by atoms with Gasteiger partial charge in [-0.2, -0.15) is 0 Å². The Morgan fingerprint density at radius 1 is 0.870 bits per heavy atom. The summed E-state index contributed by atoms with van der Waals surface area (Å²) in [5.74, 6) is -2.30. The number of aliphatic hydroxyl groups is 7. The van der Waals surface area contributed by atoms with Crippen LogP contribution in [0.1, 0.15) is 12.8 Å². The minimum atomic E-state index is -1.65. The monoisotopic (exact) mass is 336 g/mol. The van der Waals surface area contributed by atoms with E-state index in [1.807, 2.05) is 0 Å². The van der Waals surface area contributed by atoms with Gasteiger partial charge in [0, 0.05) is 25.0 Å². The molecule has 9 atom stereocenters. The average molecular weight is 336 g/mol. The Kier molecular flexibility index (Phi) is 6.09. The van der Waals surface area contributed by atoms with Gasteiger partial charge in [0.15, 0.2) is 5.78 Å². The number of rotatable bonds is 4. The number of carbonyl (C=O) groups is 1. The SMILES string of the molecule is O=C1C(O)C(O)CC(CO)C1OC1CC(CO)C(O)C(O)C1O. The summed E-state index contributed by atoms with van der Waals surface area (Å²) in [5.41, 5.74) is 0. The molecule has 0 aliphatic heterocycles. The van der Waals surface area contributed by atoms with Crippen LogP contribution in [0.5, 0.6) is 0 Å². The van der Waals surface area contributed by atoms with Crippen LogP contribution in [0, 0.1) is 11.8 Å². The summed E-state index contributed by atoms with van der Waals surface area (Å²) in [4.78, 5) is 12.1. The maximum Gasteiger partial charge on any atom is 0.192 e. The molecule has 2 saturated carbocycles. The topological polar surface area (TPSA) is 168 Å². The van der Waals surface area contributed by atoms with Gasteiger partial charge in [0.25, 0.3) is 0 Å². The maximum absolute atomic E-state index is 12.1. The lowest BCUT2D eigenvalue weighted by Gasteiger charge is -2.43. The molecule has 134 valence electrons. The van der Waals surface area contributed by atoms with Crippen LogP contribution in [0.2, 0.25) is 0 Å². The van der Waals surface area contributed by atoms with Gasteiger partial charge in [-0.25, -0.2) is 0 Å². The van der Waals surface area contributed by atoms with Crippen molar-refractivity contribution in [3.8, 4) is 0 Å². The molecule has 2 rings (SSSR count). The Morgan fingerprint density at radius 2 is 1.48 bits per heavy atom. The zero-order valence-electron chi connectivity index (χ0n) is 12.5. The second-order valence-corrected chi connectivity index (χ2v) is 6.34. The second-order valence-electron chi connectivity index (χ2n) is 6.34. The number of hydrogen-bond acceptors (Lipinski definition) is 9. The highest BCUT2D eigenvalue weighted by atomic mass is 16.5. The summed E-state index contributed by atoms with van der Waals surface area (Å²) in [7, 11) is 0. The van der Waals surface area contributed by atoms with Crippen LogP contribution in [0.4, 0.5) is 0 Å². The van der Waals surface area contributed by atoms with Crippen molar-refractivity contribution in [3.63, 3.8) is 0 Å². The first-order valence-corrected chi connectivity index (χ1v) is 7.63. The van der Waals surface area contributed by atoms with Crippen LogP contribution < -0.4 is 0 Å². The first-order chi connectivity index (χ1) is 10.8. The van der Waals surface area contributed by atoms with Gasteiger partial charge in [0.2, 0.25) is 0 Å². The smallest absolute Gasteiger partial charge is 0.192 e. The van der Waals surface area contributed by atoms with Gasteiger partial charge in [-0.15, -0.1) is 0 Å².